The molecule has 1 rings (SSSR count). The lowest BCUT2D eigenvalue weighted by Crippen LogP contribution is -2.64. The second-order valence-corrected chi connectivity index (χ2v) is 18.2. The van der Waals surface area contributed by atoms with Crippen molar-refractivity contribution in [2.75, 3.05) is 13.2 Å². The molecule has 0 spiro atoms. The number of aliphatic hydroxyl groups is 6. The zero-order valence-electron chi connectivity index (χ0n) is 38.9. The molecule has 1 aliphatic carbocycles. The lowest BCUT2D eigenvalue weighted by molar-refractivity contribution is -0.220. The number of hydrogen-bond acceptors (Lipinski definition) is 13. The summed E-state index contributed by atoms with van der Waals surface area (Å²) >= 11 is 0. The summed E-state index contributed by atoms with van der Waals surface area (Å²) in [5.41, 5.74) is 0. The Kier molecular flexibility index (Phi) is 35.9. The third kappa shape index (κ3) is 30.7. The van der Waals surface area contributed by atoms with Gasteiger partial charge in [-0.05, 0) is 44.9 Å². The van der Waals surface area contributed by atoms with Crippen LogP contribution in [0.1, 0.15) is 174 Å². The van der Waals surface area contributed by atoms with Crippen LogP contribution in [0.5, 0.6) is 0 Å². The van der Waals surface area contributed by atoms with Gasteiger partial charge in [-0.25, -0.2) is 4.57 Å². The van der Waals surface area contributed by atoms with Gasteiger partial charge in [0.05, 0.1) is 12.7 Å². The van der Waals surface area contributed by atoms with Crippen molar-refractivity contribution in [1.82, 2.24) is 0 Å². The van der Waals surface area contributed by atoms with E-state index in [-0.39, 0.29) is 12.8 Å². The van der Waals surface area contributed by atoms with Gasteiger partial charge in [-0.3, -0.25) is 18.6 Å². The number of phosphoric acid groups is 1. The van der Waals surface area contributed by atoms with Gasteiger partial charge in [0.15, 0.2) is 6.10 Å². The Bertz CT molecular complexity index is 1370. The van der Waals surface area contributed by atoms with E-state index in [4.69, 9.17) is 18.5 Å². The monoisotopic (exact) mass is 929 g/mol. The molecule has 15 heteroatoms. The molecule has 0 aliphatic heterocycles. The number of hydrogen-bond donors (Lipinski definition) is 7. The van der Waals surface area contributed by atoms with Crippen LogP contribution in [0.4, 0.5) is 0 Å². The van der Waals surface area contributed by atoms with Gasteiger partial charge in [0.1, 0.15) is 43.2 Å². The SMILES string of the molecule is CC/C=C\C(O)C/C=C/C=C\C/C=C\C/C=C\CCCC(=O)OC[C@H](COP(=O)(O)OC1[C@H](O)[C@H](O)C(O)[C@H](O)[C@H]1O)OC(=O)CCCCCCCCCCCCCCCCCCC. The quantitative estimate of drug-likeness (QED) is 0.0101. The Morgan fingerprint density at radius 2 is 1.06 bits per heavy atom. The topological polar surface area (TPSA) is 230 Å². The predicted molar refractivity (Wildman–Crippen MR) is 250 cm³/mol. The number of allylic oxidation sites excluding steroid dienone is 8. The van der Waals surface area contributed by atoms with Crippen LogP contribution in [0.25, 0.3) is 0 Å². The van der Waals surface area contributed by atoms with E-state index in [0.29, 0.717) is 25.7 Å². The molecular formula is C49H85O14P. The van der Waals surface area contributed by atoms with Gasteiger partial charge in [0.25, 0.3) is 0 Å². The average molecular weight is 929 g/mol. The zero-order chi connectivity index (χ0) is 47.3. The number of esters is 2. The number of unbranched alkanes of at least 4 members (excludes halogenated alkanes) is 17. The lowest BCUT2D eigenvalue weighted by atomic mass is 9.85. The maximum absolute atomic E-state index is 12.8. The van der Waals surface area contributed by atoms with E-state index in [2.05, 4.69) is 6.92 Å². The molecule has 1 aliphatic rings. The highest BCUT2D eigenvalue weighted by molar-refractivity contribution is 7.47. The van der Waals surface area contributed by atoms with E-state index < -0.39 is 81.8 Å². The molecule has 7 N–H and O–H groups in total. The van der Waals surface area contributed by atoms with Crippen LogP contribution in [0.15, 0.2) is 60.8 Å². The maximum atomic E-state index is 12.8. The number of rotatable bonds is 39. The lowest BCUT2D eigenvalue weighted by Gasteiger charge is -2.41. The number of phosphoric ester groups is 1. The molecule has 0 aromatic rings. The summed E-state index contributed by atoms with van der Waals surface area (Å²) < 4.78 is 33.5. The summed E-state index contributed by atoms with van der Waals surface area (Å²) in [6, 6.07) is 0. The van der Waals surface area contributed by atoms with Crippen LogP contribution >= 0.6 is 7.82 Å². The first-order valence-electron chi connectivity index (χ1n) is 24.2. The molecule has 1 fully saturated rings. The fraction of sp³-hybridized carbons (Fsp3) is 0.755. The molecule has 0 aromatic heterocycles. The summed E-state index contributed by atoms with van der Waals surface area (Å²) in [6.07, 6.45) is 30.4. The van der Waals surface area contributed by atoms with Crippen molar-refractivity contribution < 1.29 is 68.2 Å². The first kappa shape index (κ1) is 59.5. The molecule has 0 saturated heterocycles. The van der Waals surface area contributed by atoms with Crippen LogP contribution in [0.2, 0.25) is 0 Å². The smallest absolute Gasteiger partial charge is 0.462 e. The Hall–Kier alpha value is -2.49. The Labute approximate surface area is 384 Å². The molecule has 1 saturated carbocycles. The minimum Gasteiger partial charge on any atom is -0.462 e. The molecule has 4 unspecified atom stereocenters. The predicted octanol–water partition coefficient (Wildman–Crippen LogP) is 8.70. The Balaban J connectivity index is 2.49. The summed E-state index contributed by atoms with van der Waals surface area (Å²) in [5, 5.41) is 60.0. The van der Waals surface area contributed by atoms with E-state index in [1.165, 1.54) is 77.0 Å². The fourth-order valence-electron chi connectivity index (χ4n) is 7.05. The highest BCUT2D eigenvalue weighted by atomic mass is 31.2. The van der Waals surface area contributed by atoms with Crippen molar-refractivity contribution in [2.24, 2.45) is 0 Å². The van der Waals surface area contributed by atoms with Gasteiger partial charge in [0.2, 0.25) is 0 Å². The maximum Gasteiger partial charge on any atom is 0.472 e. The van der Waals surface area contributed by atoms with Gasteiger partial charge < -0.3 is 45.0 Å². The molecule has 9 atom stereocenters. The second kappa shape index (κ2) is 38.6. The molecule has 0 aromatic carbocycles. The van der Waals surface area contributed by atoms with Gasteiger partial charge in [0, 0.05) is 12.8 Å². The molecule has 370 valence electrons. The fourth-order valence-corrected chi connectivity index (χ4v) is 8.02. The summed E-state index contributed by atoms with van der Waals surface area (Å²) in [4.78, 5) is 35.7. The van der Waals surface area contributed by atoms with Gasteiger partial charge in [-0.15, -0.1) is 0 Å². The largest absolute Gasteiger partial charge is 0.472 e. The summed E-state index contributed by atoms with van der Waals surface area (Å²) in [5.74, 6) is -1.19. The number of aliphatic hydroxyl groups excluding tert-OH is 6. The number of ether oxygens (including phenoxy) is 2. The highest BCUT2D eigenvalue weighted by Gasteiger charge is 2.51. The summed E-state index contributed by atoms with van der Waals surface area (Å²) in [6.45, 7) is 3.02. The van der Waals surface area contributed by atoms with Crippen molar-refractivity contribution in [2.45, 2.75) is 223 Å². The third-order valence-corrected chi connectivity index (χ3v) is 11.9. The molecule has 0 amide bonds. The zero-order valence-corrected chi connectivity index (χ0v) is 39.8. The van der Waals surface area contributed by atoms with Crippen LogP contribution in [0.3, 0.4) is 0 Å². The minimum atomic E-state index is -5.14. The normalized spacial score (nSPS) is 22.6. The molecule has 0 radical (unpaired) electrons. The van der Waals surface area contributed by atoms with Crippen molar-refractivity contribution in [3.05, 3.63) is 60.8 Å². The van der Waals surface area contributed by atoms with Crippen LogP contribution in [-0.4, -0.2) is 110 Å². The van der Waals surface area contributed by atoms with Crippen LogP contribution in [-0.2, 0) is 32.7 Å². The van der Waals surface area contributed by atoms with Crippen LogP contribution < -0.4 is 0 Å². The number of carbonyl (C=O) groups excluding carboxylic acids is 2. The van der Waals surface area contributed by atoms with E-state index in [1.54, 1.807) is 6.08 Å². The summed E-state index contributed by atoms with van der Waals surface area (Å²) in [7, 11) is -5.14. The molecular weight excluding hydrogens is 843 g/mol. The molecule has 14 nitrogen and oxygen atoms in total. The van der Waals surface area contributed by atoms with Gasteiger partial charge in [-0.2, -0.15) is 0 Å². The van der Waals surface area contributed by atoms with E-state index in [0.717, 1.165) is 44.9 Å². The van der Waals surface area contributed by atoms with Gasteiger partial charge >= 0.3 is 19.8 Å². The Morgan fingerprint density at radius 3 is 1.62 bits per heavy atom. The highest BCUT2D eigenvalue weighted by Crippen LogP contribution is 2.47. The average Bonchev–Trinajstić information content (AvgIpc) is 3.27. The van der Waals surface area contributed by atoms with E-state index >= 15 is 0 Å². The number of carbonyl (C=O) groups is 2. The third-order valence-electron chi connectivity index (χ3n) is 10.9. The van der Waals surface area contributed by atoms with Crippen LogP contribution in [0, 0.1) is 0 Å². The molecule has 0 bridgehead atoms. The first-order valence-corrected chi connectivity index (χ1v) is 25.7. The minimum absolute atomic E-state index is 0.0702. The van der Waals surface area contributed by atoms with E-state index in [9.17, 15) is 49.7 Å². The van der Waals surface area contributed by atoms with Crippen molar-refractivity contribution in [3.63, 3.8) is 0 Å². The second-order valence-electron chi connectivity index (χ2n) is 16.8. The van der Waals surface area contributed by atoms with Crippen molar-refractivity contribution in [3.8, 4) is 0 Å². The first-order chi connectivity index (χ1) is 30.8. The Morgan fingerprint density at radius 1 is 0.578 bits per heavy atom. The molecule has 0 heterocycles. The van der Waals surface area contributed by atoms with E-state index in [1.807, 2.05) is 61.6 Å². The standard InChI is InChI=1S/C49H85O14P/c1-3-5-7-8-9-10-11-12-13-14-15-16-21-24-27-30-33-37-43(52)62-41(39-61-64(58,59)63-49-47(56)45(54)44(53)46(55)48(49)57)38-60-42(51)36-32-29-26-23-20-18-17-19-22-25-28-31-35-40(50)34-6-4-2/h6,17-18,22-23,25-26,28,31,34,40-41,44-50,53-57H,3-5,7-16,19-21,24,27,29-30,32-33,35-39H2,1-2H3,(H,58,59)/b18-17-,25-22-,26-23-,31-28+,34-6-/t40?,41-,44?,45-,46+,47-,48-,49?/m1/s1. The van der Waals surface area contributed by atoms with Crippen molar-refractivity contribution in [1.29, 1.82) is 0 Å². The van der Waals surface area contributed by atoms with Crippen molar-refractivity contribution >= 4 is 19.8 Å². The van der Waals surface area contributed by atoms with Gasteiger partial charge in [-0.1, -0.05) is 177 Å². The molecule has 64 heavy (non-hydrogen) atoms.